The second kappa shape index (κ2) is 4.78. The lowest BCUT2D eigenvalue weighted by molar-refractivity contribution is 0.528. The van der Waals surface area contributed by atoms with E-state index in [1.165, 1.54) is 5.56 Å². The number of pyridine rings is 1. The van der Waals surface area contributed by atoms with Crippen LogP contribution in [0.15, 0.2) is 47.0 Å². The molecule has 90 valence electrons. The number of benzene rings is 1. The van der Waals surface area contributed by atoms with Gasteiger partial charge in [-0.05, 0) is 36.2 Å². The number of aromatic nitrogens is 2. The molecule has 4 heteroatoms. The Kier molecular flexibility index (Phi) is 2.99. The molecule has 0 N–H and O–H groups in total. The lowest BCUT2D eigenvalue weighted by Crippen LogP contribution is -1.91. The predicted octanol–water partition coefficient (Wildman–Crippen LogP) is 3.66. The average Bonchev–Trinajstić information content (AvgIpc) is 2.81. The number of oxazole rings is 1. The molecule has 3 aromatic rings. The highest BCUT2D eigenvalue weighted by Crippen LogP contribution is 2.15. The molecule has 2 aromatic heterocycles. The van der Waals surface area contributed by atoms with Gasteiger partial charge in [0.15, 0.2) is 17.1 Å². The Morgan fingerprint density at radius 2 is 1.89 bits per heavy atom. The minimum absolute atomic E-state index is 0.670. The van der Waals surface area contributed by atoms with Gasteiger partial charge in [0.05, 0.1) is 0 Å². The monoisotopic (exact) mass is 258 g/mol. The van der Waals surface area contributed by atoms with E-state index >= 15 is 0 Å². The van der Waals surface area contributed by atoms with Crippen molar-refractivity contribution in [1.82, 2.24) is 9.97 Å². The van der Waals surface area contributed by atoms with Crippen molar-refractivity contribution >= 4 is 22.8 Å². The summed E-state index contributed by atoms with van der Waals surface area (Å²) in [5.41, 5.74) is 2.63. The fourth-order valence-corrected chi connectivity index (χ4v) is 1.95. The molecule has 0 fully saturated rings. The second-order valence-electron chi connectivity index (χ2n) is 4.06. The standard InChI is InChI=1S/C14H11ClN2O/c15-11-6-3-10(4-7-11)5-8-13-17-14-12(18-13)2-1-9-16-14/h1-4,6-7,9H,5,8H2. The van der Waals surface area contributed by atoms with Gasteiger partial charge in [0.25, 0.3) is 0 Å². The number of hydrogen-bond donors (Lipinski definition) is 0. The predicted molar refractivity (Wildman–Crippen MR) is 70.7 cm³/mol. The third-order valence-electron chi connectivity index (χ3n) is 2.75. The first-order valence-corrected chi connectivity index (χ1v) is 6.14. The molecule has 0 saturated carbocycles. The maximum atomic E-state index is 5.84. The fraction of sp³-hybridized carbons (Fsp3) is 0.143. The topological polar surface area (TPSA) is 38.9 Å². The Morgan fingerprint density at radius 3 is 2.67 bits per heavy atom. The summed E-state index contributed by atoms with van der Waals surface area (Å²) in [4.78, 5) is 8.49. The van der Waals surface area contributed by atoms with Crippen LogP contribution in [0.25, 0.3) is 11.2 Å². The molecule has 3 rings (SSSR count). The van der Waals surface area contributed by atoms with E-state index in [4.69, 9.17) is 16.0 Å². The molecule has 0 amide bonds. The minimum Gasteiger partial charge on any atom is -0.439 e. The van der Waals surface area contributed by atoms with E-state index < -0.39 is 0 Å². The van der Waals surface area contributed by atoms with Crippen molar-refractivity contribution in [1.29, 1.82) is 0 Å². The Hall–Kier alpha value is -1.87. The number of aryl methyl sites for hydroxylation is 2. The van der Waals surface area contributed by atoms with Crippen LogP contribution in [0.2, 0.25) is 5.02 Å². The maximum Gasteiger partial charge on any atom is 0.198 e. The van der Waals surface area contributed by atoms with Crippen LogP contribution in [0.5, 0.6) is 0 Å². The lowest BCUT2D eigenvalue weighted by atomic mass is 10.1. The zero-order valence-electron chi connectivity index (χ0n) is 9.64. The number of hydrogen-bond acceptors (Lipinski definition) is 3. The van der Waals surface area contributed by atoms with E-state index in [0.29, 0.717) is 5.65 Å². The summed E-state index contributed by atoms with van der Waals surface area (Å²) in [6.45, 7) is 0. The second-order valence-corrected chi connectivity index (χ2v) is 4.50. The molecule has 0 radical (unpaired) electrons. The quantitative estimate of drug-likeness (QED) is 0.720. The largest absolute Gasteiger partial charge is 0.439 e. The zero-order chi connectivity index (χ0) is 12.4. The highest BCUT2D eigenvalue weighted by atomic mass is 35.5. The van der Waals surface area contributed by atoms with Crippen LogP contribution < -0.4 is 0 Å². The van der Waals surface area contributed by atoms with Gasteiger partial charge in [-0.1, -0.05) is 23.7 Å². The Balaban J connectivity index is 1.74. The van der Waals surface area contributed by atoms with Crippen LogP contribution >= 0.6 is 11.6 Å². The molecule has 0 atom stereocenters. The van der Waals surface area contributed by atoms with Crippen LogP contribution in [0, 0.1) is 0 Å². The first-order valence-electron chi connectivity index (χ1n) is 5.76. The first-order chi connectivity index (χ1) is 8.81. The van der Waals surface area contributed by atoms with Crippen molar-refractivity contribution < 1.29 is 4.42 Å². The summed E-state index contributed by atoms with van der Waals surface area (Å²) in [5.74, 6) is 0.721. The van der Waals surface area contributed by atoms with Crippen LogP contribution in [-0.2, 0) is 12.8 Å². The van der Waals surface area contributed by atoms with Gasteiger partial charge in [-0.25, -0.2) is 4.98 Å². The SMILES string of the molecule is Clc1ccc(CCc2nc3ncccc3o2)cc1. The highest BCUT2D eigenvalue weighted by Gasteiger charge is 2.06. The summed E-state index contributed by atoms with van der Waals surface area (Å²) < 4.78 is 5.61. The summed E-state index contributed by atoms with van der Waals surface area (Å²) in [6, 6.07) is 11.5. The highest BCUT2D eigenvalue weighted by molar-refractivity contribution is 6.30. The third kappa shape index (κ3) is 2.36. The average molecular weight is 259 g/mol. The van der Waals surface area contributed by atoms with Gasteiger partial charge in [0.1, 0.15) is 0 Å². The third-order valence-corrected chi connectivity index (χ3v) is 3.00. The van der Waals surface area contributed by atoms with E-state index in [-0.39, 0.29) is 0 Å². The maximum absolute atomic E-state index is 5.84. The normalized spacial score (nSPS) is 10.9. The summed E-state index contributed by atoms with van der Waals surface area (Å²) in [5, 5.41) is 0.754. The van der Waals surface area contributed by atoms with E-state index in [1.807, 2.05) is 36.4 Å². The van der Waals surface area contributed by atoms with Crippen LogP contribution in [-0.4, -0.2) is 9.97 Å². The molecule has 0 bridgehead atoms. The molecule has 0 saturated heterocycles. The number of fused-ring (bicyclic) bond motifs is 1. The van der Waals surface area contributed by atoms with E-state index in [0.717, 1.165) is 29.3 Å². The molecule has 1 aromatic carbocycles. The van der Waals surface area contributed by atoms with E-state index in [2.05, 4.69) is 9.97 Å². The van der Waals surface area contributed by atoms with Gasteiger partial charge >= 0.3 is 0 Å². The van der Waals surface area contributed by atoms with Crippen molar-refractivity contribution in [3.8, 4) is 0 Å². The van der Waals surface area contributed by atoms with Crippen molar-refractivity contribution in [2.75, 3.05) is 0 Å². The minimum atomic E-state index is 0.670. The Bertz CT molecular complexity index is 628. The fourth-order valence-electron chi connectivity index (χ4n) is 1.82. The van der Waals surface area contributed by atoms with Gasteiger partial charge in [0, 0.05) is 17.6 Å². The molecule has 0 aliphatic rings. The molecule has 0 unspecified atom stereocenters. The van der Waals surface area contributed by atoms with Crippen LogP contribution in [0.3, 0.4) is 0 Å². The molecule has 2 heterocycles. The molecule has 0 aliphatic carbocycles. The smallest absolute Gasteiger partial charge is 0.198 e. The van der Waals surface area contributed by atoms with Gasteiger partial charge in [-0.15, -0.1) is 0 Å². The van der Waals surface area contributed by atoms with Crippen molar-refractivity contribution in [2.45, 2.75) is 12.8 Å². The summed E-state index contributed by atoms with van der Waals surface area (Å²) >= 11 is 5.84. The van der Waals surface area contributed by atoms with Crippen molar-refractivity contribution in [3.63, 3.8) is 0 Å². The molecular formula is C14H11ClN2O. The Morgan fingerprint density at radius 1 is 1.06 bits per heavy atom. The number of rotatable bonds is 3. The molecular weight excluding hydrogens is 248 g/mol. The number of halogens is 1. The lowest BCUT2D eigenvalue weighted by Gasteiger charge is -1.98. The molecule has 18 heavy (non-hydrogen) atoms. The molecule has 3 nitrogen and oxygen atoms in total. The Labute approximate surface area is 109 Å². The van der Waals surface area contributed by atoms with Gasteiger partial charge in [-0.2, -0.15) is 4.98 Å². The van der Waals surface area contributed by atoms with Gasteiger partial charge < -0.3 is 4.42 Å². The summed E-state index contributed by atoms with van der Waals surface area (Å²) in [6.07, 6.45) is 3.36. The zero-order valence-corrected chi connectivity index (χ0v) is 10.4. The number of nitrogens with zero attached hydrogens (tertiary/aromatic N) is 2. The van der Waals surface area contributed by atoms with E-state index in [1.54, 1.807) is 6.20 Å². The summed E-state index contributed by atoms with van der Waals surface area (Å²) in [7, 11) is 0. The van der Waals surface area contributed by atoms with E-state index in [9.17, 15) is 0 Å². The molecule has 0 aliphatic heterocycles. The van der Waals surface area contributed by atoms with Crippen molar-refractivity contribution in [3.05, 3.63) is 59.1 Å². The first kappa shape index (κ1) is 11.2. The van der Waals surface area contributed by atoms with Crippen LogP contribution in [0.1, 0.15) is 11.5 Å². The molecule has 0 spiro atoms. The van der Waals surface area contributed by atoms with Gasteiger partial charge in [-0.3, -0.25) is 0 Å². The van der Waals surface area contributed by atoms with Gasteiger partial charge in [0.2, 0.25) is 0 Å². The van der Waals surface area contributed by atoms with Crippen LogP contribution in [0.4, 0.5) is 0 Å². The van der Waals surface area contributed by atoms with Crippen molar-refractivity contribution in [2.24, 2.45) is 0 Å².